The first-order valence-corrected chi connectivity index (χ1v) is 7.54. The molecule has 2 aromatic rings. The summed E-state index contributed by atoms with van der Waals surface area (Å²) in [7, 11) is 0. The van der Waals surface area contributed by atoms with Crippen LogP contribution in [0.15, 0.2) is 34.5 Å². The first-order valence-electron chi connectivity index (χ1n) is 7.54. The number of nitrogens with zero attached hydrogens (tertiary/aromatic N) is 3. The van der Waals surface area contributed by atoms with Crippen molar-refractivity contribution in [2.24, 2.45) is 10.2 Å². The Hall–Kier alpha value is -1.51. The molecule has 0 amide bonds. The summed E-state index contributed by atoms with van der Waals surface area (Å²) < 4.78 is 11.3. The predicted octanol–water partition coefficient (Wildman–Crippen LogP) is 0.372. The van der Waals surface area contributed by atoms with Gasteiger partial charge in [-0.25, -0.2) is 4.98 Å². The average molecular weight is 351 g/mol. The van der Waals surface area contributed by atoms with Gasteiger partial charge >= 0.3 is 29.6 Å². The fraction of sp³-hybridized carbons (Fsp3) is 0.353. The van der Waals surface area contributed by atoms with Crippen molar-refractivity contribution in [2.45, 2.75) is 39.8 Å². The van der Waals surface area contributed by atoms with Crippen molar-refractivity contribution >= 4 is 11.5 Å². The smallest absolute Gasteiger partial charge is 0.871 e. The Bertz CT molecular complexity index is 809. The molecule has 0 bridgehead atoms. The minimum absolute atomic E-state index is 0. The summed E-state index contributed by atoms with van der Waals surface area (Å²) in [5.74, 6) is -0.531. The maximum absolute atomic E-state index is 12.3. The number of hydrogen-bond acceptors (Lipinski definition) is 7. The van der Waals surface area contributed by atoms with Crippen LogP contribution in [0.5, 0.6) is 11.5 Å². The number of fused-ring (bicyclic) bond motifs is 1. The molecule has 8 heteroatoms. The monoisotopic (exact) mass is 351 g/mol. The summed E-state index contributed by atoms with van der Waals surface area (Å²) in [6.07, 6.45) is 0. The molecule has 0 spiro atoms. The zero-order valence-corrected chi connectivity index (χ0v) is 16.7. The molecule has 1 aliphatic rings. The fourth-order valence-corrected chi connectivity index (χ4v) is 2.35. The molecule has 3 rings (SSSR count). The second kappa shape index (κ2) is 7.80. The summed E-state index contributed by atoms with van der Waals surface area (Å²) in [5.41, 5.74) is 1.90. The third-order valence-electron chi connectivity index (χ3n) is 3.73. The number of aromatic nitrogens is 1. The summed E-state index contributed by atoms with van der Waals surface area (Å²) in [6, 6.07) is 6.41. The van der Waals surface area contributed by atoms with E-state index in [1.165, 1.54) is 6.07 Å². The Morgan fingerprint density at radius 2 is 1.84 bits per heavy atom. The van der Waals surface area contributed by atoms with E-state index in [1.54, 1.807) is 39.0 Å². The molecule has 2 heterocycles. The molecule has 1 aliphatic heterocycles. The van der Waals surface area contributed by atoms with Gasteiger partial charge in [-0.3, -0.25) is 0 Å². The molecule has 7 nitrogen and oxygen atoms in total. The van der Waals surface area contributed by atoms with Gasteiger partial charge in [0.05, 0.1) is 18.9 Å². The number of pyridine rings is 1. The molecule has 0 aliphatic carbocycles. The molecular formula is C17H18N3NaO4. The SMILES string of the molecule is Cc1nc(N=Nc2cccc(O)c2)c2c(c1[O-])COC(C)(C)OC2.[Na+]. The van der Waals surface area contributed by atoms with Crippen molar-refractivity contribution in [3.63, 3.8) is 0 Å². The Kier molecular flexibility index (Phi) is 6.18. The van der Waals surface area contributed by atoms with Gasteiger partial charge in [0.25, 0.3) is 0 Å². The van der Waals surface area contributed by atoms with Crippen LogP contribution in [0.1, 0.15) is 30.7 Å². The molecule has 0 unspecified atom stereocenters. The molecule has 0 fully saturated rings. The molecule has 1 aromatic carbocycles. The quantitative estimate of drug-likeness (QED) is 0.623. The summed E-state index contributed by atoms with van der Waals surface area (Å²) in [4.78, 5) is 4.24. The summed E-state index contributed by atoms with van der Waals surface area (Å²) >= 11 is 0. The average Bonchev–Trinajstić information content (AvgIpc) is 2.69. The number of phenols is 1. The van der Waals surface area contributed by atoms with Crippen molar-refractivity contribution in [3.05, 3.63) is 41.1 Å². The number of aryl methyl sites for hydroxylation is 1. The van der Waals surface area contributed by atoms with Crippen molar-refractivity contribution in [1.82, 2.24) is 4.98 Å². The van der Waals surface area contributed by atoms with Crippen molar-refractivity contribution in [1.29, 1.82) is 0 Å². The van der Waals surface area contributed by atoms with Gasteiger partial charge in [-0.2, -0.15) is 0 Å². The fourth-order valence-electron chi connectivity index (χ4n) is 2.35. The molecule has 1 aromatic heterocycles. The van der Waals surface area contributed by atoms with Gasteiger partial charge in [0.2, 0.25) is 0 Å². The zero-order valence-electron chi connectivity index (χ0n) is 14.7. The van der Waals surface area contributed by atoms with Gasteiger partial charge in [0, 0.05) is 17.3 Å². The molecule has 25 heavy (non-hydrogen) atoms. The molecule has 0 saturated carbocycles. The van der Waals surface area contributed by atoms with E-state index >= 15 is 0 Å². The molecule has 0 saturated heterocycles. The third-order valence-corrected chi connectivity index (χ3v) is 3.73. The number of hydrogen-bond donors (Lipinski definition) is 1. The van der Waals surface area contributed by atoms with Crippen LogP contribution in [-0.2, 0) is 22.7 Å². The maximum atomic E-state index is 12.3. The number of phenolic OH excluding ortho intramolecular Hbond substituents is 1. The van der Waals surface area contributed by atoms with E-state index < -0.39 is 5.79 Å². The number of rotatable bonds is 2. The molecule has 1 N–H and O–H groups in total. The second-order valence-electron chi connectivity index (χ2n) is 6.00. The van der Waals surface area contributed by atoms with E-state index in [2.05, 4.69) is 15.2 Å². The zero-order chi connectivity index (χ0) is 17.3. The Morgan fingerprint density at radius 1 is 1.16 bits per heavy atom. The number of aromatic hydroxyl groups is 1. The van der Waals surface area contributed by atoms with Crippen LogP contribution in [0.2, 0.25) is 0 Å². The Balaban J connectivity index is 0.00000225. The standard InChI is InChI=1S/C17H19N3O4.Na/c1-10-15(22)13-8-23-17(2,3)24-9-14(13)16(18-10)20-19-11-5-4-6-12(21)7-11;/h4-7,21-22H,8-9H2,1-3H3;/q;+1/p-1. The first-order chi connectivity index (χ1) is 11.4. The minimum atomic E-state index is -0.793. The van der Waals surface area contributed by atoms with Crippen LogP contribution in [0.4, 0.5) is 11.5 Å². The van der Waals surface area contributed by atoms with Crippen LogP contribution in [0, 0.1) is 6.92 Å². The Morgan fingerprint density at radius 3 is 2.52 bits per heavy atom. The van der Waals surface area contributed by atoms with Gasteiger partial charge < -0.3 is 19.7 Å². The number of ether oxygens (including phenoxy) is 2. The van der Waals surface area contributed by atoms with Gasteiger partial charge in [0.1, 0.15) is 5.75 Å². The molecule has 126 valence electrons. The predicted molar refractivity (Wildman–Crippen MR) is 84.4 cm³/mol. The Labute approximate surface area is 168 Å². The van der Waals surface area contributed by atoms with Gasteiger partial charge in [-0.15, -0.1) is 10.2 Å². The summed E-state index contributed by atoms with van der Waals surface area (Å²) in [5, 5.41) is 30.1. The number of benzene rings is 1. The molecule has 0 radical (unpaired) electrons. The number of azo groups is 1. The normalized spacial score (nSPS) is 16.1. The van der Waals surface area contributed by atoms with E-state index in [0.29, 0.717) is 28.3 Å². The van der Waals surface area contributed by atoms with Crippen LogP contribution in [-0.4, -0.2) is 15.9 Å². The van der Waals surface area contributed by atoms with Crippen molar-refractivity contribution in [2.75, 3.05) is 0 Å². The van der Waals surface area contributed by atoms with Gasteiger partial charge in [0.15, 0.2) is 11.6 Å². The van der Waals surface area contributed by atoms with E-state index in [-0.39, 0.29) is 54.3 Å². The van der Waals surface area contributed by atoms with Crippen molar-refractivity contribution < 1.29 is 49.2 Å². The van der Waals surface area contributed by atoms with Crippen LogP contribution in [0.25, 0.3) is 0 Å². The molecule has 0 atom stereocenters. The van der Waals surface area contributed by atoms with E-state index in [9.17, 15) is 10.2 Å². The van der Waals surface area contributed by atoms with E-state index in [4.69, 9.17) is 9.47 Å². The topological polar surface area (TPSA) is 99.4 Å². The largest absolute Gasteiger partial charge is 1.00 e. The van der Waals surface area contributed by atoms with Gasteiger partial charge in [-0.1, -0.05) is 11.8 Å². The van der Waals surface area contributed by atoms with Crippen LogP contribution in [0.3, 0.4) is 0 Å². The van der Waals surface area contributed by atoms with Crippen LogP contribution >= 0.6 is 0 Å². The van der Waals surface area contributed by atoms with E-state index in [0.717, 1.165) is 0 Å². The van der Waals surface area contributed by atoms with Gasteiger partial charge in [-0.05, 0) is 38.5 Å². The third kappa shape index (κ3) is 4.56. The summed E-state index contributed by atoms with van der Waals surface area (Å²) in [6.45, 7) is 5.51. The van der Waals surface area contributed by atoms with Crippen LogP contribution < -0.4 is 34.7 Å². The minimum Gasteiger partial charge on any atom is -0.871 e. The first kappa shape index (κ1) is 19.8. The van der Waals surface area contributed by atoms with Crippen molar-refractivity contribution in [3.8, 4) is 11.5 Å². The second-order valence-corrected chi connectivity index (χ2v) is 6.00. The van der Waals surface area contributed by atoms with E-state index in [1.807, 2.05) is 0 Å². The maximum Gasteiger partial charge on any atom is 1.00 e. The molecular weight excluding hydrogens is 333 g/mol.